The van der Waals surface area contributed by atoms with Crippen LogP contribution in [0.15, 0.2) is 59.0 Å². The molecule has 0 saturated carbocycles. The summed E-state index contributed by atoms with van der Waals surface area (Å²) in [7, 11) is 0. The van der Waals surface area contributed by atoms with Crippen LogP contribution in [-0.2, 0) is 6.42 Å². The van der Waals surface area contributed by atoms with E-state index in [0.717, 1.165) is 16.8 Å². The molecular weight excluding hydrogens is 348 g/mol. The molecule has 0 unspecified atom stereocenters. The summed E-state index contributed by atoms with van der Waals surface area (Å²) >= 11 is 6.16. The Morgan fingerprint density at radius 1 is 1.04 bits per heavy atom. The molecule has 0 saturated heterocycles. The summed E-state index contributed by atoms with van der Waals surface area (Å²) in [5.74, 6) is 0.323. The van der Waals surface area contributed by atoms with Gasteiger partial charge in [-0.15, -0.1) is 5.10 Å². The third kappa shape index (κ3) is 2.77. The Kier molecular flexibility index (Phi) is 4.04. The lowest BCUT2D eigenvalue weighted by molar-refractivity contribution is 0.566. The van der Waals surface area contributed by atoms with Crippen LogP contribution in [0.5, 0.6) is 0 Å². The molecule has 2 heterocycles. The van der Waals surface area contributed by atoms with Crippen LogP contribution >= 0.6 is 11.6 Å². The second-order valence-corrected chi connectivity index (χ2v) is 6.26. The standard InChI is InChI=1S/C20H13ClN4O/c21-14-8-4-7-13(10-14)17-15(11-22)19(23)26-20-18(17)16(24-25-20)9-12-5-2-1-3-6-12/h1-8,10H,9,23H2. The second kappa shape index (κ2) is 6.51. The van der Waals surface area contributed by atoms with Crippen molar-refractivity contribution in [2.45, 2.75) is 6.42 Å². The van der Waals surface area contributed by atoms with Gasteiger partial charge in [0.05, 0.1) is 11.3 Å². The summed E-state index contributed by atoms with van der Waals surface area (Å²) in [4.78, 5) is 0. The van der Waals surface area contributed by atoms with Gasteiger partial charge in [0.25, 0.3) is 0 Å². The Morgan fingerprint density at radius 2 is 1.85 bits per heavy atom. The summed E-state index contributed by atoms with van der Waals surface area (Å²) in [5, 5.41) is 18.6. The Labute approximate surface area is 155 Å². The van der Waals surface area contributed by atoms with Gasteiger partial charge >= 0.3 is 0 Å². The van der Waals surface area contributed by atoms with E-state index in [4.69, 9.17) is 21.8 Å². The first-order valence-corrected chi connectivity index (χ1v) is 8.32. The molecule has 126 valence electrons. The van der Waals surface area contributed by atoms with Crippen LogP contribution < -0.4 is 5.73 Å². The third-order valence-electron chi connectivity index (χ3n) is 4.16. The topological polar surface area (TPSA) is 88.7 Å². The maximum absolute atomic E-state index is 9.64. The van der Waals surface area contributed by atoms with Crippen molar-refractivity contribution >= 4 is 17.5 Å². The number of anilines is 1. The van der Waals surface area contributed by atoms with E-state index in [-0.39, 0.29) is 11.4 Å². The maximum Gasteiger partial charge on any atom is 0.250 e. The highest BCUT2D eigenvalue weighted by Gasteiger charge is 2.27. The molecule has 0 radical (unpaired) electrons. The monoisotopic (exact) mass is 360 g/mol. The van der Waals surface area contributed by atoms with Crippen LogP contribution in [-0.4, -0.2) is 10.2 Å². The minimum absolute atomic E-state index is 0.0149. The first-order valence-electron chi connectivity index (χ1n) is 7.95. The smallest absolute Gasteiger partial charge is 0.250 e. The molecular formula is C20H13ClN4O. The number of aromatic nitrogens is 2. The van der Waals surface area contributed by atoms with Crippen molar-refractivity contribution < 1.29 is 4.42 Å². The van der Waals surface area contributed by atoms with Gasteiger partial charge in [-0.25, -0.2) is 0 Å². The van der Waals surface area contributed by atoms with Crippen LogP contribution in [0.2, 0.25) is 5.02 Å². The molecule has 0 aromatic heterocycles. The highest BCUT2D eigenvalue weighted by atomic mass is 35.5. The van der Waals surface area contributed by atoms with Crippen molar-refractivity contribution in [1.29, 1.82) is 5.26 Å². The number of nitrogens with two attached hydrogens (primary N) is 1. The summed E-state index contributed by atoms with van der Waals surface area (Å²) in [6, 6.07) is 19.3. The molecule has 6 heteroatoms. The van der Waals surface area contributed by atoms with Gasteiger partial charge in [0.2, 0.25) is 11.8 Å². The molecule has 0 amide bonds. The molecule has 2 N–H and O–H groups in total. The molecule has 0 bridgehead atoms. The lowest BCUT2D eigenvalue weighted by Crippen LogP contribution is -2.00. The molecule has 0 atom stereocenters. The Balaban J connectivity index is 1.98. The SMILES string of the molecule is N#Cc1c(N)oc2nnc(Cc3ccccc3)c-2c1-c1cccc(Cl)c1. The molecule has 2 aliphatic heterocycles. The lowest BCUT2D eigenvalue weighted by Gasteiger charge is -2.12. The second-order valence-electron chi connectivity index (χ2n) is 5.83. The van der Waals surface area contributed by atoms with Crippen molar-refractivity contribution in [2.24, 2.45) is 0 Å². The molecule has 2 aromatic rings. The van der Waals surface area contributed by atoms with Gasteiger partial charge in [0.15, 0.2) is 0 Å². The van der Waals surface area contributed by atoms with Crippen LogP contribution in [0, 0.1) is 11.3 Å². The van der Waals surface area contributed by atoms with E-state index in [2.05, 4.69) is 16.3 Å². The Bertz CT molecular complexity index is 1100. The first kappa shape index (κ1) is 16.1. The van der Waals surface area contributed by atoms with E-state index in [0.29, 0.717) is 28.5 Å². The third-order valence-corrected chi connectivity index (χ3v) is 4.39. The number of hydrogen-bond donors (Lipinski definition) is 1. The average molecular weight is 361 g/mol. The van der Waals surface area contributed by atoms with Crippen molar-refractivity contribution in [3.8, 4) is 28.7 Å². The molecule has 26 heavy (non-hydrogen) atoms. The molecule has 5 nitrogen and oxygen atoms in total. The van der Waals surface area contributed by atoms with Crippen molar-refractivity contribution in [1.82, 2.24) is 10.2 Å². The van der Waals surface area contributed by atoms with Gasteiger partial charge in [0.1, 0.15) is 11.6 Å². The van der Waals surface area contributed by atoms with Crippen molar-refractivity contribution in [3.05, 3.63) is 76.4 Å². The first-order chi connectivity index (χ1) is 12.7. The predicted octanol–water partition coefficient (Wildman–Crippen LogP) is 4.54. The molecule has 2 aromatic carbocycles. The van der Waals surface area contributed by atoms with Gasteiger partial charge in [-0.2, -0.15) is 10.4 Å². The summed E-state index contributed by atoms with van der Waals surface area (Å²) in [6.07, 6.45) is 0.565. The van der Waals surface area contributed by atoms with E-state index < -0.39 is 0 Å². The minimum Gasteiger partial charge on any atom is -0.419 e. The van der Waals surface area contributed by atoms with E-state index in [1.807, 2.05) is 42.5 Å². The van der Waals surface area contributed by atoms with E-state index in [1.54, 1.807) is 12.1 Å². The van der Waals surface area contributed by atoms with Gasteiger partial charge in [-0.05, 0) is 23.3 Å². The summed E-state index contributed by atoms with van der Waals surface area (Å²) < 4.78 is 5.54. The number of nitrogens with zero attached hydrogens (tertiary/aromatic N) is 3. The van der Waals surface area contributed by atoms with Crippen LogP contribution in [0.4, 0.5) is 5.88 Å². The number of rotatable bonds is 3. The number of nitrogen functional groups attached to an aromatic ring is 1. The predicted molar refractivity (Wildman–Crippen MR) is 99.7 cm³/mol. The Morgan fingerprint density at radius 3 is 2.58 bits per heavy atom. The molecule has 2 aliphatic rings. The zero-order valence-corrected chi connectivity index (χ0v) is 14.4. The van der Waals surface area contributed by atoms with E-state index in [1.165, 1.54) is 0 Å². The quantitative estimate of drug-likeness (QED) is 0.579. The fourth-order valence-corrected chi connectivity index (χ4v) is 3.20. The van der Waals surface area contributed by atoms with Crippen LogP contribution in [0.1, 0.15) is 16.8 Å². The number of hydrogen-bond acceptors (Lipinski definition) is 5. The summed E-state index contributed by atoms with van der Waals surface area (Å²) in [5.41, 5.74) is 10.1. The zero-order chi connectivity index (χ0) is 18.1. The average Bonchev–Trinajstić information content (AvgIpc) is 3.03. The maximum atomic E-state index is 9.64. The molecule has 0 aliphatic carbocycles. The Hall–Kier alpha value is -3.36. The lowest BCUT2D eigenvalue weighted by atomic mass is 9.93. The van der Waals surface area contributed by atoms with Crippen LogP contribution in [0.3, 0.4) is 0 Å². The number of halogens is 1. The number of benzene rings is 2. The number of fused-ring (bicyclic) bond motifs is 1. The highest BCUT2D eigenvalue weighted by Crippen LogP contribution is 2.41. The fraction of sp³-hybridized carbons (Fsp3) is 0.0500. The molecule has 4 rings (SSSR count). The van der Waals surface area contributed by atoms with Crippen molar-refractivity contribution in [3.63, 3.8) is 0 Å². The molecule has 0 fully saturated rings. The van der Waals surface area contributed by atoms with E-state index in [9.17, 15) is 5.26 Å². The normalized spacial score (nSPS) is 10.8. The van der Waals surface area contributed by atoms with E-state index >= 15 is 0 Å². The highest BCUT2D eigenvalue weighted by molar-refractivity contribution is 6.30. The fourth-order valence-electron chi connectivity index (χ4n) is 3.01. The van der Waals surface area contributed by atoms with Crippen LogP contribution in [0.25, 0.3) is 22.6 Å². The minimum atomic E-state index is 0.0149. The number of nitriles is 1. The summed E-state index contributed by atoms with van der Waals surface area (Å²) in [6.45, 7) is 0. The van der Waals surface area contributed by atoms with Gasteiger partial charge in [0, 0.05) is 17.0 Å². The molecule has 0 spiro atoms. The van der Waals surface area contributed by atoms with Gasteiger partial charge < -0.3 is 10.2 Å². The largest absolute Gasteiger partial charge is 0.419 e. The zero-order valence-electron chi connectivity index (χ0n) is 13.6. The van der Waals surface area contributed by atoms with Crippen molar-refractivity contribution in [2.75, 3.05) is 5.73 Å². The van der Waals surface area contributed by atoms with Gasteiger partial charge in [-0.1, -0.05) is 54.1 Å². The van der Waals surface area contributed by atoms with Gasteiger partial charge in [-0.3, -0.25) is 0 Å².